The zero-order valence-electron chi connectivity index (χ0n) is 27.1. The molecule has 0 bridgehead atoms. The first kappa shape index (κ1) is 36.7. The second kappa shape index (κ2) is 16.9. The molecule has 12 nitrogen and oxygen atoms in total. The van der Waals surface area contributed by atoms with Gasteiger partial charge in [0.25, 0.3) is 0 Å². The Kier molecular flexibility index (Phi) is 12.4. The van der Waals surface area contributed by atoms with Gasteiger partial charge in [-0.2, -0.15) is 0 Å². The van der Waals surface area contributed by atoms with Crippen LogP contribution in [0.1, 0.15) is 56.2 Å². The van der Waals surface area contributed by atoms with Gasteiger partial charge in [0.05, 0.1) is 13.7 Å². The number of hydrogen-bond donors (Lipinski definition) is 5. The van der Waals surface area contributed by atoms with Gasteiger partial charge < -0.3 is 36.9 Å². The Labute approximate surface area is 294 Å². The Morgan fingerprint density at radius 2 is 1.54 bits per heavy atom. The number of ether oxygens (including phenoxy) is 1. The van der Waals surface area contributed by atoms with Gasteiger partial charge in [0.2, 0.25) is 11.6 Å². The van der Waals surface area contributed by atoms with Crippen LogP contribution in [0.2, 0.25) is 0 Å². The zero-order chi connectivity index (χ0) is 35.8. The summed E-state index contributed by atoms with van der Waals surface area (Å²) in [5, 5.41) is 10.9. The van der Waals surface area contributed by atoms with Crippen molar-refractivity contribution < 1.29 is 32.3 Å². The quantitative estimate of drug-likeness (QED) is 0.107. The molecule has 0 atom stereocenters. The van der Waals surface area contributed by atoms with Gasteiger partial charge in [-0.15, -0.1) is 0 Å². The molecule has 7 N–H and O–H groups in total. The number of anilines is 4. The van der Waals surface area contributed by atoms with Gasteiger partial charge in [-0.05, 0) is 63.0 Å². The predicted octanol–water partition coefficient (Wildman–Crippen LogP) is 4.58. The summed E-state index contributed by atoms with van der Waals surface area (Å²) in [6.45, 7) is 3.94. The second-order valence-corrected chi connectivity index (χ2v) is 13.6. The lowest BCUT2D eigenvalue weighted by Crippen LogP contribution is -2.39. The van der Waals surface area contributed by atoms with Crippen LogP contribution in [0.15, 0.2) is 36.4 Å². The minimum Gasteiger partial charge on any atom is -0.496 e. The highest BCUT2D eigenvalue weighted by atomic mass is 32.1. The number of rotatable bonds is 11. The van der Waals surface area contributed by atoms with Crippen LogP contribution in [-0.2, 0) is 4.79 Å². The van der Waals surface area contributed by atoms with Crippen molar-refractivity contribution in [3.8, 4) is 5.75 Å². The molecule has 0 radical (unpaired) electrons. The van der Waals surface area contributed by atoms with Gasteiger partial charge in [-0.1, -0.05) is 34.8 Å². The standard InChI is InChI=1S/C17H19FN4O2S.C16H18F2N4O2S/c18-12-3-1-2-11(10-12)14(24)15-16(19)21-17(25-15)20-13-4-6-22(7-5-13)8-9-23;1-24-10-3-2-9(17)12(18)11(10)13(23)14-15(19)22-16(25-14)21-8-4-6-20-7-5-8/h1-3,9-10,13H,4-8,19H2,(H,20,21);2-3,8,20H,4-7,19H2,1H3,(H,21,22). The number of benzene rings is 2. The summed E-state index contributed by atoms with van der Waals surface area (Å²) in [6, 6.07) is 8.10. The lowest BCUT2D eigenvalue weighted by Gasteiger charge is -2.30. The summed E-state index contributed by atoms with van der Waals surface area (Å²) in [4.78, 5) is 46.6. The molecule has 0 aliphatic carbocycles. The molecule has 0 unspecified atom stereocenters. The Hall–Kier alpha value is -4.58. The molecule has 6 rings (SSSR count). The van der Waals surface area contributed by atoms with Crippen molar-refractivity contribution in [1.82, 2.24) is 20.2 Å². The van der Waals surface area contributed by atoms with Gasteiger partial charge in [-0.3, -0.25) is 14.5 Å². The first-order valence-electron chi connectivity index (χ1n) is 15.9. The Morgan fingerprint density at radius 3 is 2.12 bits per heavy atom. The predicted molar refractivity (Wildman–Crippen MR) is 188 cm³/mol. The van der Waals surface area contributed by atoms with Crippen molar-refractivity contribution in [1.29, 1.82) is 0 Å². The largest absolute Gasteiger partial charge is 0.496 e. The van der Waals surface area contributed by atoms with Crippen LogP contribution in [0.3, 0.4) is 0 Å². The Bertz CT molecular complexity index is 1820. The van der Waals surface area contributed by atoms with Crippen LogP contribution in [0.5, 0.6) is 5.75 Å². The van der Waals surface area contributed by atoms with Crippen molar-refractivity contribution >= 4 is 62.4 Å². The maximum Gasteiger partial charge on any atom is 0.213 e. The number of methoxy groups -OCH3 is 1. The van der Waals surface area contributed by atoms with E-state index in [1.807, 2.05) is 0 Å². The molecule has 0 saturated carbocycles. The monoisotopic (exact) mass is 730 g/mol. The average Bonchev–Trinajstić information content (AvgIpc) is 3.67. The number of nitrogens with two attached hydrogens (primary N) is 2. The Morgan fingerprint density at radius 1 is 0.940 bits per heavy atom. The van der Waals surface area contributed by atoms with Crippen LogP contribution < -0.4 is 32.2 Å². The minimum absolute atomic E-state index is 0.0165. The molecule has 2 aliphatic heterocycles. The van der Waals surface area contributed by atoms with Crippen molar-refractivity contribution in [3.63, 3.8) is 0 Å². The van der Waals surface area contributed by atoms with Crippen LogP contribution in [0, 0.1) is 17.5 Å². The van der Waals surface area contributed by atoms with Gasteiger partial charge in [0.15, 0.2) is 21.9 Å². The third-order valence-electron chi connectivity index (χ3n) is 8.22. The minimum atomic E-state index is -1.26. The number of nitrogen functional groups attached to an aromatic ring is 2. The molecule has 2 aromatic heterocycles. The third kappa shape index (κ3) is 8.95. The number of ketones is 2. The lowest BCUT2D eigenvalue weighted by molar-refractivity contribution is -0.109. The molecule has 2 fully saturated rings. The number of halogens is 3. The van der Waals surface area contributed by atoms with E-state index in [-0.39, 0.29) is 45.7 Å². The summed E-state index contributed by atoms with van der Waals surface area (Å²) in [5.74, 6) is -3.84. The first-order valence-corrected chi connectivity index (χ1v) is 17.5. The van der Waals surface area contributed by atoms with Crippen molar-refractivity contribution in [3.05, 3.63) is 74.7 Å². The van der Waals surface area contributed by atoms with E-state index in [4.69, 9.17) is 16.2 Å². The molecule has 266 valence electrons. The highest BCUT2D eigenvalue weighted by Gasteiger charge is 2.27. The molecule has 50 heavy (non-hydrogen) atoms. The van der Waals surface area contributed by atoms with Crippen molar-refractivity contribution in [2.45, 2.75) is 37.8 Å². The van der Waals surface area contributed by atoms with Crippen LogP contribution in [0.4, 0.5) is 35.1 Å². The van der Waals surface area contributed by atoms with Crippen molar-refractivity contribution in [2.24, 2.45) is 0 Å². The SMILES string of the molecule is COc1ccc(F)c(F)c1C(=O)c1sc(NC2CCNCC2)nc1N.Nc1nc(NC2CCN(CC=O)CC2)sc1C(=O)c1cccc(F)c1. The second-order valence-electron chi connectivity index (χ2n) is 11.6. The van der Waals surface area contributed by atoms with E-state index in [0.717, 1.165) is 75.6 Å². The zero-order valence-corrected chi connectivity index (χ0v) is 28.8. The third-order valence-corrected chi connectivity index (χ3v) is 10.2. The molecule has 17 heteroatoms. The fourth-order valence-corrected chi connectivity index (χ4v) is 7.41. The van der Waals surface area contributed by atoms with Gasteiger partial charge in [0, 0.05) is 30.7 Å². The number of carbonyl (C=O) groups excluding carboxylic acids is 3. The summed E-state index contributed by atoms with van der Waals surface area (Å²) in [6.07, 6.45) is 4.55. The van der Waals surface area contributed by atoms with E-state index in [2.05, 4.69) is 30.8 Å². The van der Waals surface area contributed by atoms with Crippen LogP contribution in [0.25, 0.3) is 0 Å². The molecular weight excluding hydrogens is 694 g/mol. The molecular formula is C33H37F3N8O4S2. The van der Waals surface area contributed by atoms with E-state index in [1.54, 1.807) is 6.07 Å². The molecule has 0 spiro atoms. The van der Waals surface area contributed by atoms with Crippen molar-refractivity contribution in [2.75, 3.05) is 61.9 Å². The normalized spacial score (nSPS) is 15.5. The molecule has 2 aliphatic rings. The van der Waals surface area contributed by atoms with E-state index in [0.29, 0.717) is 21.7 Å². The number of aldehydes is 1. The number of hydrogen-bond acceptors (Lipinski definition) is 14. The van der Waals surface area contributed by atoms with Gasteiger partial charge in [0.1, 0.15) is 44.8 Å². The molecule has 0 amide bonds. The van der Waals surface area contributed by atoms with E-state index >= 15 is 0 Å². The summed E-state index contributed by atoms with van der Waals surface area (Å²) < 4.78 is 46.0. The van der Waals surface area contributed by atoms with Gasteiger partial charge >= 0.3 is 0 Å². The van der Waals surface area contributed by atoms with Crippen LogP contribution >= 0.6 is 22.7 Å². The topological polar surface area (TPSA) is 178 Å². The highest BCUT2D eigenvalue weighted by molar-refractivity contribution is 7.18. The number of aromatic nitrogens is 2. The van der Waals surface area contributed by atoms with Gasteiger partial charge in [-0.25, -0.2) is 23.1 Å². The van der Waals surface area contributed by atoms with E-state index < -0.39 is 28.8 Å². The highest BCUT2D eigenvalue weighted by Crippen LogP contribution is 2.33. The lowest BCUT2D eigenvalue weighted by atomic mass is 10.1. The first-order chi connectivity index (χ1) is 24.1. The summed E-state index contributed by atoms with van der Waals surface area (Å²) in [7, 11) is 1.28. The maximum absolute atomic E-state index is 14.1. The maximum atomic E-state index is 14.1. The van der Waals surface area contributed by atoms with E-state index in [9.17, 15) is 27.6 Å². The number of carbonyl (C=O) groups is 3. The number of thiazole rings is 2. The number of nitrogens with zero attached hydrogens (tertiary/aromatic N) is 3. The molecule has 2 aromatic carbocycles. The number of likely N-dealkylation sites (tertiary alicyclic amines) is 1. The molecule has 4 aromatic rings. The van der Waals surface area contributed by atoms with E-state index in [1.165, 1.54) is 42.7 Å². The van der Waals surface area contributed by atoms with Crippen LogP contribution in [-0.4, -0.2) is 84.6 Å². The fraction of sp³-hybridized carbons (Fsp3) is 0.364. The summed E-state index contributed by atoms with van der Waals surface area (Å²) >= 11 is 2.21. The number of nitrogens with one attached hydrogen (secondary N) is 3. The Balaban J connectivity index is 0.000000194. The fourth-order valence-electron chi connectivity index (χ4n) is 5.58. The number of piperidine rings is 2. The summed E-state index contributed by atoms with van der Waals surface area (Å²) in [5.41, 5.74) is 11.5. The molecule has 2 saturated heterocycles. The average molecular weight is 731 g/mol. The molecule has 4 heterocycles. The smallest absolute Gasteiger partial charge is 0.213 e.